The Bertz CT molecular complexity index is 1390. The highest BCUT2D eigenvalue weighted by Gasteiger charge is 2.18. The van der Waals surface area contributed by atoms with E-state index in [-0.39, 0.29) is 11.6 Å². The van der Waals surface area contributed by atoms with Gasteiger partial charge in [-0.25, -0.2) is 8.78 Å². The lowest BCUT2D eigenvalue weighted by molar-refractivity contribution is 0.528. The van der Waals surface area contributed by atoms with E-state index in [4.69, 9.17) is 16.0 Å². The van der Waals surface area contributed by atoms with Crippen molar-refractivity contribution in [3.05, 3.63) is 95.3 Å². The minimum absolute atomic E-state index is 0.337. The number of thioether (sulfide) groups is 1. The molecule has 0 atom stereocenters. The van der Waals surface area contributed by atoms with Crippen LogP contribution in [0.2, 0.25) is 5.02 Å². The van der Waals surface area contributed by atoms with Crippen LogP contribution in [0.4, 0.5) is 8.78 Å². The number of aromatic nitrogens is 5. The quantitative estimate of drug-likeness (QED) is 0.269. The number of hydrogen-bond acceptors (Lipinski definition) is 6. The van der Waals surface area contributed by atoms with Crippen molar-refractivity contribution in [1.82, 2.24) is 25.0 Å². The van der Waals surface area contributed by atoms with Gasteiger partial charge in [0.25, 0.3) is 0 Å². The summed E-state index contributed by atoms with van der Waals surface area (Å²) >= 11 is 7.26. The topological polar surface area (TPSA) is 69.6 Å². The highest BCUT2D eigenvalue weighted by Crippen LogP contribution is 2.30. The molecule has 0 spiro atoms. The molecule has 0 saturated heterocycles. The molecule has 0 fully saturated rings. The summed E-state index contributed by atoms with van der Waals surface area (Å²) in [7, 11) is 0. The van der Waals surface area contributed by atoms with Crippen molar-refractivity contribution in [1.29, 1.82) is 0 Å². The Labute approximate surface area is 196 Å². The van der Waals surface area contributed by atoms with Gasteiger partial charge >= 0.3 is 0 Å². The lowest BCUT2D eigenvalue weighted by Gasteiger charge is -2.10. The minimum Gasteiger partial charge on any atom is -0.420 e. The predicted octanol–water partition coefficient (Wildman–Crippen LogP) is 6.21. The predicted molar refractivity (Wildman–Crippen MR) is 121 cm³/mol. The normalized spacial score (nSPS) is 11.1. The Morgan fingerprint density at radius 2 is 1.39 bits per heavy atom. The van der Waals surface area contributed by atoms with Crippen LogP contribution >= 0.6 is 23.4 Å². The van der Waals surface area contributed by atoms with Gasteiger partial charge in [-0.05, 0) is 72.8 Å². The summed E-state index contributed by atoms with van der Waals surface area (Å²) in [6.45, 7) is 0. The molecule has 3 aromatic carbocycles. The van der Waals surface area contributed by atoms with Crippen molar-refractivity contribution in [3.8, 4) is 28.5 Å². The van der Waals surface area contributed by atoms with Gasteiger partial charge in [0.2, 0.25) is 11.8 Å². The third-order valence-corrected chi connectivity index (χ3v) is 5.87. The second-order valence-electron chi connectivity index (χ2n) is 6.92. The van der Waals surface area contributed by atoms with Gasteiger partial charge in [0.05, 0.1) is 5.75 Å². The number of rotatable bonds is 6. The van der Waals surface area contributed by atoms with Crippen molar-refractivity contribution in [2.24, 2.45) is 0 Å². The molecule has 0 N–H and O–H groups in total. The van der Waals surface area contributed by atoms with Crippen molar-refractivity contribution in [2.75, 3.05) is 0 Å². The molecule has 0 aliphatic heterocycles. The molecule has 6 nitrogen and oxygen atoms in total. The maximum atomic E-state index is 13.5. The van der Waals surface area contributed by atoms with Crippen LogP contribution in [0.5, 0.6) is 0 Å². The third kappa shape index (κ3) is 4.64. The van der Waals surface area contributed by atoms with Crippen molar-refractivity contribution >= 4 is 23.4 Å². The average molecular weight is 482 g/mol. The van der Waals surface area contributed by atoms with Crippen LogP contribution in [0.1, 0.15) is 5.89 Å². The van der Waals surface area contributed by atoms with Gasteiger partial charge in [-0.2, -0.15) is 0 Å². The summed E-state index contributed by atoms with van der Waals surface area (Å²) < 4.78 is 34.5. The molecule has 0 saturated carbocycles. The lowest BCUT2D eigenvalue weighted by atomic mass is 10.2. The highest BCUT2D eigenvalue weighted by molar-refractivity contribution is 7.98. The van der Waals surface area contributed by atoms with Gasteiger partial charge in [0.1, 0.15) is 11.6 Å². The molecule has 0 aliphatic rings. The molecular weight excluding hydrogens is 468 g/mol. The van der Waals surface area contributed by atoms with Crippen molar-refractivity contribution < 1.29 is 13.2 Å². The van der Waals surface area contributed by atoms with Gasteiger partial charge in [0.15, 0.2) is 11.0 Å². The van der Waals surface area contributed by atoms with Gasteiger partial charge in [0, 0.05) is 21.8 Å². The molecule has 0 unspecified atom stereocenters. The summed E-state index contributed by atoms with van der Waals surface area (Å²) in [6, 6.07) is 19.0. The lowest BCUT2D eigenvalue weighted by Crippen LogP contribution is -2.00. The second kappa shape index (κ2) is 9.13. The fourth-order valence-corrected chi connectivity index (χ4v) is 4.03. The standard InChI is InChI=1S/C23H14ClF2N5OS/c24-16-5-1-15(2-6-16)22-29-27-20(32-22)13-33-23-30-28-21(14-3-7-17(25)8-4-14)31(23)19-11-9-18(26)10-12-19/h1-12H,13H2. The van der Waals surface area contributed by atoms with Crippen molar-refractivity contribution in [3.63, 3.8) is 0 Å². The molecule has 5 aromatic rings. The van der Waals surface area contributed by atoms with E-state index in [9.17, 15) is 8.78 Å². The van der Waals surface area contributed by atoms with E-state index in [0.29, 0.717) is 44.8 Å². The molecule has 2 heterocycles. The SMILES string of the molecule is Fc1ccc(-c2nnc(SCc3nnc(-c4ccc(Cl)cc4)o3)n2-c2ccc(F)cc2)cc1. The maximum Gasteiger partial charge on any atom is 0.247 e. The van der Waals surface area contributed by atoms with E-state index >= 15 is 0 Å². The van der Waals surface area contributed by atoms with E-state index in [0.717, 1.165) is 5.56 Å². The van der Waals surface area contributed by atoms with Gasteiger partial charge in [-0.15, -0.1) is 20.4 Å². The fourth-order valence-electron chi connectivity index (χ4n) is 3.12. The molecule has 164 valence electrons. The van der Waals surface area contributed by atoms with Crippen LogP contribution in [-0.2, 0) is 5.75 Å². The highest BCUT2D eigenvalue weighted by atomic mass is 35.5. The average Bonchev–Trinajstić information content (AvgIpc) is 3.47. The van der Waals surface area contributed by atoms with Crippen LogP contribution in [0.15, 0.2) is 82.4 Å². The summed E-state index contributed by atoms with van der Waals surface area (Å²) in [5.41, 5.74) is 2.09. The van der Waals surface area contributed by atoms with Crippen LogP contribution < -0.4 is 0 Å². The zero-order valence-corrected chi connectivity index (χ0v) is 18.4. The zero-order chi connectivity index (χ0) is 22.8. The summed E-state index contributed by atoms with van der Waals surface area (Å²) in [5.74, 6) is 0.912. The number of benzene rings is 3. The first-order valence-electron chi connectivity index (χ1n) is 9.75. The molecule has 10 heteroatoms. The summed E-state index contributed by atoms with van der Waals surface area (Å²) in [6.07, 6.45) is 0. The van der Waals surface area contributed by atoms with Gasteiger partial charge in [-0.1, -0.05) is 23.4 Å². The van der Waals surface area contributed by atoms with Gasteiger partial charge < -0.3 is 4.42 Å². The molecule has 33 heavy (non-hydrogen) atoms. The fraction of sp³-hybridized carbons (Fsp3) is 0.0435. The van der Waals surface area contributed by atoms with Crippen LogP contribution in [0, 0.1) is 11.6 Å². The molecule has 0 amide bonds. The molecule has 0 bridgehead atoms. The Kier molecular flexibility index (Phi) is 5.89. The largest absolute Gasteiger partial charge is 0.420 e. The van der Waals surface area contributed by atoms with E-state index in [1.165, 1.54) is 36.0 Å². The number of halogens is 3. The van der Waals surface area contributed by atoms with E-state index in [1.54, 1.807) is 53.1 Å². The zero-order valence-electron chi connectivity index (χ0n) is 16.8. The van der Waals surface area contributed by atoms with Crippen LogP contribution in [0.3, 0.4) is 0 Å². The first-order chi connectivity index (χ1) is 16.1. The first kappa shape index (κ1) is 21.3. The Morgan fingerprint density at radius 1 is 0.758 bits per heavy atom. The monoisotopic (exact) mass is 481 g/mol. The molecule has 2 aromatic heterocycles. The molecular formula is C23H14ClF2N5OS. The maximum absolute atomic E-state index is 13.5. The minimum atomic E-state index is -0.357. The summed E-state index contributed by atoms with van der Waals surface area (Å²) in [4.78, 5) is 0. The van der Waals surface area contributed by atoms with Gasteiger partial charge in [-0.3, -0.25) is 4.57 Å². The van der Waals surface area contributed by atoms with E-state index < -0.39 is 0 Å². The number of hydrogen-bond donors (Lipinski definition) is 0. The molecule has 0 radical (unpaired) electrons. The first-order valence-corrected chi connectivity index (χ1v) is 11.1. The van der Waals surface area contributed by atoms with Crippen molar-refractivity contribution in [2.45, 2.75) is 10.9 Å². The molecule has 5 rings (SSSR count). The molecule has 0 aliphatic carbocycles. The Balaban J connectivity index is 1.44. The third-order valence-electron chi connectivity index (χ3n) is 4.70. The van der Waals surface area contributed by atoms with E-state index in [2.05, 4.69) is 20.4 Å². The van der Waals surface area contributed by atoms with E-state index in [1.807, 2.05) is 0 Å². The Morgan fingerprint density at radius 3 is 2.09 bits per heavy atom. The second-order valence-corrected chi connectivity index (χ2v) is 8.30. The van der Waals surface area contributed by atoms with Crippen LogP contribution in [0.25, 0.3) is 28.5 Å². The Hall–Kier alpha value is -3.56. The number of nitrogens with zero attached hydrogens (tertiary/aromatic N) is 5. The van der Waals surface area contributed by atoms with Crippen LogP contribution in [-0.4, -0.2) is 25.0 Å². The smallest absolute Gasteiger partial charge is 0.247 e. The summed E-state index contributed by atoms with van der Waals surface area (Å²) in [5, 5.41) is 17.9.